The highest BCUT2D eigenvalue weighted by atomic mass is 35.5. The summed E-state index contributed by atoms with van der Waals surface area (Å²) in [4.78, 5) is 36.8. The minimum Gasteiger partial charge on any atom is -0.493 e. The van der Waals surface area contributed by atoms with Crippen LogP contribution in [0.4, 0.5) is 5.88 Å². The number of anilines is 1. The number of amides is 1. The third-order valence-electron chi connectivity index (χ3n) is 3.71. The van der Waals surface area contributed by atoms with Crippen LogP contribution in [0.2, 0.25) is 5.02 Å². The van der Waals surface area contributed by atoms with Gasteiger partial charge in [-0.1, -0.05) is 11.6 Å². The van der Waals surface area contributed by atoms with E-state index in [0.29, 0.717) is 10.8 Å². The smallest absolute Gasteiger partial charge is 0.344 e. The lowest BCUT2D eigenvalue weighted by molar-refractivity contribution is -0.116. The van der Waals surface area contributed by atoms with Gasteiger partial charge < -0.3 is 18.6 Å². The molecule has 0 saturated heterocycles. The molecule has 1 aromatic heterocycles. The van der Waals surface area contributed by atoms with Gasteiger partial charge >= 0.3 is 11.9 Å². The van der Waals surface area contributed by atoms with Crippen LogP contribution in [0.3, 0.4) is 0 Å². The molecule has 0 saturated carbocycles. The van der Waals surface area contributed by atoms with E-state index in [1.165, 1.54) is 6.92 Å². The molecule has 9 heteroatoms. The quantitative estimate of drug-likeness (QED) is 0.607. The van der Waals surface area contributed by atoms with Crippen molar-refractivity contribution in [2.75, 3.05) is 25.1 Å². The molecule has 8 nitrogen and oxygen atoms in total. The predicted molar refractivity (Wildman–Crippen MR) is 106 cm³/mol. The van der Waals surface area contributed by atoms with Crippen LogP contribution in [0.25, 0.3) is 0 Å². The van der Waals surface area contributed by atoms with Crippen molar-refractivity contribution < 1.29 is 33.0 Å². The fraction of sp³-hybridized carbons (Fsp3) is 0.350. The number of aryl methyl sites for hydroxylation is 1. The molecule has 1 N–H and O–H groups in total. The van der Waals surface area contributed by atoms with Crippen molar-refractivity contribution >= 4 is 35.3 Å². The molecular formula is C20H22ClNO7. The van der Waals surface area contributed by atoms with Gasteiger partial charge in [-0.3, -0.25) is 10.1 Å². The zero-order chi connectivity index (χ0) is 21.4. The summed E-state index contributed by atoms with van der Waals surface area (Å²) >= 11 is 5.81. The topological polar surface area (TPSA) is 104 Å². The largest absolute Gasteiger partial charge is 0.493 e. The van der Waals surface area contributed by atoms with E-state index in [4.69, 9.17) is 30.2 Å². The molecule has 0 spiro atoms. The van der Waals surface area contributed by atoms with Crippen molar-refractivity contribution in [1.29, 1.82) is 0 Å². The lowest BCUT2D eigenvalue weighted by atomic mass is 10.1. The van der Waals surface area contributed by atoms with Gasteiger partial charge in [0.2, 0.25) is 11.8 Å². The van der Waals surface area contributed by atoms with Gasteiger partial charge in [-0.2, -0.15) is 0 Å². The van der Waals surface area contributed by atoms with Gasteiger partial charge in [-0.15, -0.1) is 0 Å². The lowest BCUT2D eigenvalue weighted by Crippen LogP contribution is -2.18. The molecule has 0 aliphatic heterocycles. The fourth-order valence-electron chi connectivity index (χ4n) is 2.46. The van der Waals surface area contributed by atoms with Crippen LogP contribution in [0.5, 0.6) is 5.75 Å². The Hall–Kier alpha value is -3.00. The minimum absolute atomic E-state index is 0.0145. The van der Waals surface area contributed by atoms with Crippen molar-refractivity contribution in [3.05, 3.63) is 46.2 Å². The number of hydrogen-bond donors (Lipinski definition) is 1. The fourth-order valence-corrected chi connectivity index (χ4v) is 2.59. The number of furan rings is 1. The second-order valence-electron chi connectivity index (χ2n) is 5.78. The van der Waals surface area contributed by atoms with E-state index in [2.05, 4.69) is 5.32 Å². The number of benzene rings is 1. The molecular weight excluding hydrogens is 402 g/mol. The Bertz CT molecular complexity index is 874. The number of carbonyl (C=O) groups excluding carboxylic acids is 3. The molecule has 0 fully saturated rings. The number of ether oxygens (including phenoxy) is 3. The summed E-state index contributed by atoms with van der Waals surface area (Å²) < 4.78 is 20.9. The van der Waals surface area contributed by atoms with Crippen LogP contribution < -0.4 is 10.1 Å². The maximum atomic E-state index is 12.3. The van der Waals surface area contributed by atoms with Gasteiger partial charge in [0.15, 0.2) is 0 Å². The Morgan fingerprint density at radius 1 is 1.00 bits per heavy atom. The Morgan fingerprint density at radius 3 is 2.17 bits per heavy atom. The molecule has 1 heterocycles. The number of esters is 2. The van der Waals surface area contributed by atoms with Crippen molar-refractivity contribution in [2.45, 2.75) is 27.2 Å². The van der Waals surface area contributed by atoms with Crippen molar-refractivity contribution in [1.82, 2.24) is 0 Å². The second kappa shape index (κ2) is 10.5. The highest BCUT2D eigenvalue weighted by Crippen LogP contribution is 2.29. The summed E-state index contributed by atoms with van der Waals surface area (Å²) in [6.07, 6.45) is -0.0145. The van der Waals surface area contributed by atoms with Gasteiger partial charge in [-0.25, -0.2) is 9.59 Å². The minimum atomic E-state index is -0.792. The Kier molecular flexibility index (Phi) is 8.09. The molecule has 1 amide bonds. The first-order valence-corrected chi connectivity index (χ1v) is 9.41. The average molecular weight is 424 g/mol. The van der Waals surface area contributed by atoms with Gasteiger partial charge in [-0.05, 0) is 45.0 Å². The molecule has 0 unspecified atom stereocenters. The van der Waals surface area contributed by atoms with E-state index in [0.717, 1.165) is 0 Å². The van der Waals surface area contributed by atoms with Gasteiger partial charge in [0.25, 0.3) is 0 Å². The van der Waals surface area contributed by atoms with Crippen LogP contribution in [-0.2, 0) is 14.3 Å². The lowest BCUT2D eigenvalue weighted by Gasteiger charge is -2.08. The molecule has 2 rings (SSSR count). The normalized spacial score (nSPS) is 10.3. The molecule has 0 radical (unpaired) electrons. The maximum absolute atomic E-state index is 12.3. The summed E-state index contributed by atoms with van der Waals surface area (Å²) in [6.45, 7) is 5.06. The van der Waals surface area contributed by atoms with E-state index >= 15 is 0 Å². The van der Waals surface area contributed by atoms with Crippen LogP contribution >= 0.6 is 11.6 Å². The Morgan fingerprint density at radius 2 is 1.59 bits per heavy atom. The standard InChI is InChI=1S/C20H22ClNO7/c1-4-26-19(24)16-12(3)29-18(17(16)20(25)27-5-2)22-15(23)10-11-28-14-8-6-13(21)7-9-14/h6-9H,4-5,10-11H2,1-3H3,(H,22,23). The zero-order valence-electron chi connectivity index (χ0n) is 16.4. The summed E-state index contributed by atoms with van der Waals surface area (Å²) in [5.41, 5.74) is -0.243. The summed E-state index contributed by atoms with van der Waals surface area (Å²) in [5, 5.41) is 3.06. The van der Waals surface area contributed by atoms with E-state index in [1.807, 2.05) is 0 Å². The maximum Gasteiger partial charge on any atom is 0.344 e. The molecule has 2 aromatic rings. The number of rotatable bonds is 9. The number of carbonyl (C=O) groups is 3. The first-order valence-electron chi connectivity index (χ1n) is 9.03. The molecule has 0 aliphatic rings. The van der Waals surface area contributed by atoms with Crippen LogP contribution in [0.15, 0.2) is 28.7 Å². The van der Waals surface area contributed by atoms with Crippen LogP contribution in [0, 0.1) is 6.92 Å². The highest BCUT2D eigenvalue weighted by molar-refractivity contribution is 6.30. The monoisotopic (exact) mass is 423 g/mol. The Labute approximate surface area is 173 Å². The number of halogens is 1. The van der Waals surface area contributed by atoms with Crippen LogP contribution in [0.1, 0.15) is 46.7 Å². The molecule has 0 atom stereocenters. The molecule has 1 aromatic carbocycles. The van der Waals surface area contributed by atoms with Crippen molar-refractivity contribution in [3.8, 4) is 5.75 Å². The van der Waals surface area contributed by atoms with E-state index in [1.54, 1.807) is 38.1 Å². The molecule has 156 valence electrons. The third kappa shape index (κ3) is 5.99. The van der Waals surface area contributed by atoms with E-state index in [-0.39, 0.29) is 49.0 Å². The first-order chi connectivity index (χ1) is 13.9. The van der Waals surface area contributed by atoms with E-state index in [9.17, 15) is 14.4 Å². The second-order valence-corrected chi connectivity index (χ2v) is 6.22. The Balaban J connectivity index is 2.10. The van der Waals surface area contributed by atoms with Gasteiger partial charge in [0.05, 0.1) is 26.2 Å². The van der Waals surface area contributed by atoms with Crippen LogP contribution in [-0.4, -0.2) is 37.7 Å². The predicted octanol–water partition coefficient (Wildman–Crippen LogP) is 4.00. The molecule has 0 bridgehead atoms. The third-order valence-corrected chi connectivity index (χ3v) is 3.96. The van der Waals surface area contributed by atoms with Crippen molar-refractivity contribution in [3.63, 3.8) is 0 Å². The SMILES string of the molecule is CCOC(=O)c1c(C)oc(NC(=O)CCOc2ccc(Cl)cc2)c1C(=O)OCC. The highest BCUT2D eigenvalue weighted by Gasteiger charge is 2.31. The van der Waals surface area contributed by atoms with E-state index < -0.39 is 17.8 Å². The average Bonchev–Trinajstić information content (AvgIpc) is 2.99. The molecule has 29 heavy (non-hydrogen) atoms. The van der Waals surface area contributed by atoms with Gasteiger partial charge in [0, 0.05) is 5.02 Å². The number of nitrogens with one attached hydrogen (secondary N) is 1. The summed E-state index contributed by atoms with van der Waals surface area (Å²) in [5.74, 6) is -1.45. The zero-order valence-corrected chi connectivity index (χ0v) is 17.1. The summed E-state index contributed by atoms with van der Waals surface area (Å²) in [7, 11) is 0. The summed E-state index contributed by atoms with van der Waals surface area (Å²) in [6, 6.07) is 6.71. The van der Waals surface area contributed by atoms with Gasteiger partial charge in [0.1, 0.15) is 22.6 Å². The van der Waals surface area contributed by atoms with Crippen molar-refractivity contribution in [2.24, 2.45) is 0 Å². The number of hydrogen-bond acceptors (Lipinski definition) is 7. The first kappa shape index (κ1) is 22.3. The molecule has 0 aliphatic carbocycles.